The van der Waals surface area contributed by atoms with Crippen molar-refractivity contribution < 1.29 is 13.2 Å². The second-order valence-corrected chi connectivity index (χ2v) is 6.76. The maximum absolute atomic E-state index is 11.9. The van der Waals surface area contributed by atoms with Crippen LogP contribution in [0.25, 0.3) is 0 Å². The molecule has 8 heteroatoms. The molecule has 0 bridgehead atoms. The summed E-state index contributed by atoms with van der Waals surface area (Å²) < 4.78 is 23.5. The van der Waals surface area contributed by atoms with E-state index in [0.29, 0.717) is 12.8 Å². The molecule has 1 N–H and O–H groups in total. The van der Waals surface area contributed by atoms with Crippen LogP contribution < -0.4 is 5.32 Å². The molecule has 1 aliphatic rings. The number of hydrogen-bond acceptors (Lipinski definition) is 5. The van der Waals surface area contributed by atoms with Gasteiger partial charge in [0.1, 0.15) is 22.5 Å². The van der Waals surface area contributed by atoms with Gasteiger partial charge in [-0.25, -0.2) is 18.4 Å². The van der Waals surface area contributed by atoms with Crippen LogP contribution in [-0.2, 0) is 14.6 Å². The first-order valence-electron chi connectivity index (χ1n) is 5.49. The van der Waals surface area contributed by atoms with Crippen molar-refractivity contribution in [2.24, 2.45) is 0 Å². The maximum atomic E-state index is 11.9. The molecular weight excluding hydrogens is 278 g/mol. The smallest absolute Gasteiger partial charge is 0.243 e. The molecule has 98 valence electrons. The van der Waals surface area contributed by atoms with Crippen molar-refractivity contribution in [2.75, 3.05) is 11.1 Å². The van der Waals surface area contributed by atoms with Crippen LogP contribution >= 0.6 is 11.6 Å². The van der Waals surface area contributed by atoms with Gasteiger partial charge in [0.15, 0.2) is 9.84 Å². The molecule has 0 radical (unpaired) electrons. The van der Waals surface area contributed by atoms with Gasteiger partial charge in [-0.2, -0.15) is 0 Å². The topological polar surface area (TPSA) is 89.0 Å². The first-order chi connectivity index (χ1) is 8.49. The van der Waals surface area contributed by atoms with Crippen LogP contribution in [0.4, 0.5) is 5.82 Å². The molecule has 6 nitrogen and oxygen atoms in total. The molecule has 2 rings (SSSR count). The molecule has 0 saturated carbocycles. The lowest BCUT2D eigenvalue weighted by atomic mass is 10.2. The summed E-state index contributed by atoms with van der Waals surface area (Å²) >= 11 is 5.65. The number of aromatic nitrogens is 2. The van der Waals surface area contributed by atoms with Crippen molar-refractivity contribution in [1.29, 1.82) is 0 Å². The zero-order chi connectivity index (χ0) is 13.2. The molecule has 2 heterocycles. The van der Waals surface area contributed by atoms with Crippen LogP contribution in [0.15, 0.2) is 12.4 Å². The Labute approximate surface area is 110 Å². The van der Waals surface area contributed by atoms with E-state index in [-0.39, 0.29) is 16.7 Å². The Morgan fingerprint density at radius 1 is 1.39 bits per heavy atom. The first-order valence-corrected chi connectivity index (χ1v) is 7.58. The maximum Gasteiger partial charge on any atom is 0.243 e. The minimum Gasteiger partial charge on any atom is -0.309 e. The minimum atomic E-state index is -3.34. The predicted molar refractivity (Wildman–Crippen MR) is 67.1 cm³/mol. The normalized spacial score (nSPS) is 22.4. The monoisotopic (exact) mass is 289 g/mol. The highest BCUT2D eigenvalue weighted by molar-refractivity contribution is 7.92. The van der Waals surface area contributed by atoms with Crippen molar-refractivity contribution in [1.82, 2.24) is 9.97 Å². The van der Waals surface area contributed by atoms with E-state index in [1.54, 1.807) is 0 Å². The van der Waals surface area contributed by atoms with E-state index in [9.17, 15) is 13.2 Å². The fourth-order valence-corrected chi connectivity index (χ4v) is 3.81. The Kier molecular flexibility index (Phi) is 3.82. The summed E-state index contributed by atoms with van der Waals surface area (Å²) in [4.78, 5) is 19.4. The van der Waals surface area contributed by atoms with Crippen LogP contribution in [-0.4, -0.2) is 35.3 Å². The standard InChI is InChI=1S/C10H12ClN3O3S/c11-8-5-9(13-6-12-8)14-10(15)7-3-1-2-4-18(7,16)17/h5-7H,1-4H2,(H,12,13,14,15). The number of amides is 1. The van der Waals surface area contributed by atoms with Gasteiger partial charge in [-0.3, -0.25) is 4.79 Å². The average Bonchev–Trinajstić information content (AvgIpc) is 2.28. The van der Waals surface area contributed by atoms with Crippen molar-refractivity contribution in [2.45, 2.75) is 24.5 Å². The van der Waals surface area contributed by atoms with Crippen LogP contribution in [0.3, 0.4) is 0 Å². The fraction of sp³-hybridized carbons (Fsp3) is 0.500. The number of halogens is 1. The van der Waals surface area contributed by atoms with Gasteiger partial charge in [0.2, 0.25) is 5.91 Å². The second kappa shape index (κ2) is 5.19. The van der Waals surface area contributed by atoms with Crippen molar-refractivity contribution in [3.63, 3.8) is 0 Å². The van der Waals surface area contributed by atoms with E-state index >= 15 is 0 Å². The van der Waals surface area contributed by atoms with E-state index in [2.05, 4.69) is 15.3 Å². The van der Waals surface area contributed by atoms with Crippen molar-refractivity contribution in [3.05, 3.63) is 17.5 Å². The summed E-state index contributed by atoms with van der Waals surface area (Å²) in [7, 11) is -3.34. The molecule has 1 atom stereocenters. The Balaban J connectivity index is 2.12. The number of carbonyl (C=O) groups is 1. The van der Waals surface area contributed by atoms with Gasteiger partial charge in [-0.05, 0) is 12.8 Å². The van der Waals surface area contributed by atoms with Gasteiger partial charge in [0, 0.05) is 6.07 Å². The molecule has 1 aromatic heterocycles. The molecule has 1 unspecified atom stereocenters. The van der Waals surface area contributed by atoms with E-state index in [1.165, 1.54) is 12.4 Å². The summed E-state index contributed by atoms with van der Waals surface area (Å²) in [5.41, 5.74) is 0. The third-order valence-corrected chi connectivity index (χ3v) is 5.14. The number of nitrogens with zero attached hydrogens (tertiary/aromatic N) is 2. The Hall–Kier alpha value is -1.21. The van der Waals surface area contributed by atoms with E-state index < -0.39 is 21.0 Å². The minimum absolute atomic E-state index is 0.0651. The lowest BCUT2D eigenvalue weighted by Crippen LogP contribution is -2.39. The predicted octanol–water partition coefficient (Wildman–Crippen LogP) is 1.04. The number of carbonyl (C=O) groups excluding carboxylic acids is 1. The van der Waals surface area contributed by atoms with Gasteiger partial charge in [-0.1, -0.05) is 18.0 Å². The van der Waals surface area contributed by atoms with E-state index in [1.807, 2.05) is 0 Å². The molecular formula is C10H12ClN3O3S. The van der Waals surface area contributed by atoms with Crippen LogP contribution in [0.1, 0.15) is 19.3 Å². The summed E-state index contributed by atoms with van der Waals surface area (Å²) in [6.07, 6.45) is 2.91. The number of hydrogen-bond donors (Lipinski definition) is 1. The third-order valence-electron chi connectivity index (χ3n) is 2.76. The highest BCUT2D eigenvalue weighted by Gasteiger charge is 2.34. The fourth-order valence-electron chi connectivity index (χ4n) is 1.86. The van der Waals surface area contributed by atoms with Crippen LogP contribution in [0, 0.1) is 0 Å². The molecule has 1 saturated heterocycles. The summed E-state index contributed by atoms with van der Waals surface area (Å²) in [6, 6.07) is 1.37. The summed E-state index contributed by atoms with van der Waals surface area (Å²) in [6.45, 7) is 0. The van der Waals surface area contributed by atoms with Gasteiger partial charge in [-0.15, -0.1) is 0 Å². The van der Waals surface area contributed by atoms with Crippen LogP contribution in [0.2, 0.25) is 5.15 Å². The zero-order valence-corrected chi connectivity index (χ0v) is 11.0. The molecule has 1 fully saturated rings. The molecule has 1 amide bonds. The van der Waals surface area contributed by atoms with Crippen molar-refractivity contribution in [3.8, 4) is 0 Å². The number of sulfone groups is 1. The first kappa shape index (κ1) is 13.2. The molecule has 18 heavy (non-hydrogen) atoms. The Morgan fingerprint density at radius 3 is 2.83 bits per heavy atom. The number of anilines is 1. The number of nitrogens with one attached hydrogen (secondary N) is 1. The molecule has 0 aromatic carbocycles. The largest absolute Gasteiger partial charge is 0.309 e. The lowest BCUT2D eigenvalue weighted by Gasteiger charge is -2.21. The Bertz CT molecular complexity index is 561. The van der Waals surface area contributed by atoms with Gasteiger partial charge in [0.25, 0.3) is 0 Å². The SMILES string of the molecule is O=C(Nc1cc(Cl)ncn1)C1CCCCS1(=O)=O. The highest BCUT2D eigenvalue weighted by Crippen LogP contribution is 2.21. The Morgan fingerprint density at radius 2 is 2.17 bits per heavy atom. The zero-order valence-electron chi connectivity index (χ0n) is 9.47. The third kappa shape index (κ3) is 2.97. The average molecular weight is 290 g/mol. The molecule has 1 aliphatic heterocycles. The van der Waals surface area contributed by atoms with Gasteiger partial charge < -0.3 is 5.32 Å². The van der Waals surface area contributed by atoms with Gasteiger partial charge >= 0.3 is 0 Å². The van der Waals surface area contributed by atoms with E-state index in [0.717, 1.165) is 6.42 Å². The quantitative estimate of drug-likeness (QED) is 0.822. The van der Waals surface area contributed by atoms with E-state index in [4.69, 9.17) is 11.6 Å². The van der Waals surface area contributed by atoms with Crippen molar-refractivity contribution >= 4 is 33.2 Å². The lowest BCUT2D eigenvalue weighted by molar-refractivity contribution is -0.116. The molecule has 0 aliphatic carbocycles. The summed E-state index contributed by atoms with van der Waals surface area (Å²) in [5.74, 6) is -0.277. The molecule has 0 spiro atoms. The molecule has 1 aromatic rings. The second-order valence-electron chi connectivity index (χ2n) is 4.07. The van der Waals surface area contributed by atoms with Gasteiger partial charge in [0.05, 0.1) is 5.75 Å². The van der Waals surface area contributed by atoms with Crippen LogP contribution in [0.5, 0.6) is 0 Å². The summed E-state index contributed by atoms with van der Waals surface area (Å²) in [5, 5.41) is 1.66. The number of rotatable bonds is 2. The highest BCUT2D eigenvalue weighted by atomic mass is 35.5.